The maximum absolute atomic E-state index is 11.3. The highest BCUT2D eigenvalue weighted by Gasteiger charge is 2.12. The average Bonchev–Trinajstić information content (AvgIpc) is 2.28. The Bertz CT molecular complexity index is 373. The number of amides is 2. The van der Waals surface area contributed by atoms with Gasteiger partial charge in [-0.15, -0.1) is 0 Å². The molecule has 0 bridgehead atoms. The molecule has 0 saturated carbocycles. The summed E-state index contributed by atoms with van der Waals surface area (Å²) in [6, 6.07) is 7.30. The van der Waals surface area contributed by atoms with Gasteiger partial charge >= 0.3 is 6.03 Å². The van der Waals surface area contributed by atoms with Crippen LogP contribution in [0.3, 0.4) is 0 Å². The Balaban J connectivity index is 2.46. The molecular weight excluding hydrogens is 166 g/mol. The second-order valence-electron chi connectivity index (χ2n) is 2.79. The molecule has 0 unspecified atom stereocenters. The highest BCUT2D eigenvalue weighted by atomic mass is 16.2. The highest BCUT2D eigenvalue weighted by Crippen LogP contribution is 2.15. The second kappa shape index (κ2) is 2.90. The maximum Gasteiger partial charge on any atom is 0.341 e. The molecule has 1 aliphatic heterocycles. The molecule has 0 spiro atoms. The number of rotatable bonds is 0. The third kappa shape index (κ3) is 1.38. The molecule has 2 rings (SSSR count). The predicted octanol–water partition coefficient (Wildman–Crippen LogP) is 1.50. The number of nitrogens with zero attached hydrogens (tertiary/aromatic N) is 2. The first-order chi connectivity index (χ1) is 6.27. The van der Waals surface area contributed by atoms with Gasteiger partial charge in [-0.2, -0.15) is 5.10 Å². The molecule has 1 aromatic carbocycles. The van der Waals surface area contributed by atoms with E-state index in [1.165, 1.54) is 5.01 Å². The number of hydrazone groups is 1. The van der Waals surface area contributed by atoms with Gasteiger partial charge in [0.05, 0.1) is 11.9 Å². The fourth-order valence-electron chi connectivity index (χ4n) is 1.12. The SMILES string of the molecule is CN1N=Cc2ccccc2NC1=O. The van der Waals surface area contributed by atoms with Crippen LogP contribution in [0.4, 0.5) is 10.5 Å². The largest absolute Gasteiger partial charge is 0.341 e. The minimum absolute atomic E-state index is 0.221. The lowest BCUT2D eigenvalue weighted by Gasteiger charge is -2.08. The molecule has 4 nitrogen and oxygen atoms in total. The van der Waals surface area contributed by atoms with Crippen molar-refractivity contribution >= 4 is 17.9 Å². The Labute approximate surface area is 75.9 Å². The fraction of sp³-hybridized carbons (Fsp3) is 0.111. The summed E-state index contributed by atoms with van der Waals surface area (Å²) in [5.74, 6) is 0. The van der Waals surface area contributed by atoms with E-state index < -0.39 is 0 Å². The van der Waals surface area contributed by atoms with Crippen molar-refractivity contribution in [1.82, 2.24) is 5.01 Å². The molecule has 1 aliphatic rings. The number of hydrogen-bond acceptors (Lipinski definition) is 2. The van der Waals surface area contributed by atoms with E-state index in [2.05, 4.69) is 10.4 Å². The minimum Gasteiger partial charge on any atom is -0.306 e. The molecule has 13 heavy (non-hydrogen) atoms. The maximum atomic E-state index is 11.3. The summed E-state index contributed by atoms with van der Waals surface area (Å²) in [5.41, 5.74) is 1.71. The lowest BCUT2D eigenvalue weighted by atomic mass is 10.2. The molecular formula is C9H9N3O. The summed E-state index contributed by atoms with van der Waals surface area (Å²) in [6.45, 7) is 0. The van der Waals surface area contributed by atoms with E-state index in [1.807, 2.05) is 24.3 Å². The number of urea groups is 1. The standard InChI is InChI=1S/C9H9N3O/c1-12-9(13)11-8-5-3-2-4-7(8)6-10-12/h2-6H,1H3,(H,11,13). The van der Waals surface area contributed by atoms with E-state index in [4.69, 9.17) is 0 Å². The molecule has 1 N–H and O–H groups in total. The smallest absolute Gasteiger partial charge is 0.306 e. The van der Waals surface area contributed by atoms with Crippen molar-refractivity contribution < 1.29 is 4.79 Å². The van der Waals surface area contributed by atoms with E-state index in [0.717, 1.165) is 11.3 Å². The number of benzene rings is 1. The lowest BCUT2D eigenvalue weighted by Crippen LogP contribution is -2.25. The first-order valence-corrected chi connectivity index (χ1v) is 3.95. The zero-order valence-corrected chi connectivity index (χ0v) is 7.19. The molecule has 4 heteroatoms. The van der Waals surface area contributed by atoms with Gasteiger partial charge in [-0.1, -0.05) is 18.2 Å². The average molecular weight is 175 g/mol. The van der Waals surface area contributed by atoms with Gasteiger partial charge in [-0.3, -0.25) is 0 Å². The van der Waals surface area contributed by atoms with Crippen molar-refractivity contribution in [2.24, 2.45) is 5.10 Å². The van der Waals surface area contributed by atoms with Crippen LogP contribution in [-0.2, 0) is 0 Å². The molecule has 0 atom stereocenters. The number of carbonyl (C=O) groups excluding carboxylic acids is 1. The van der Waals surface area contributed by atoms with Crippen LogP contribution in [-0.4, -0.2) is 24.3 Å². The van der Waals surface area contributed by atoms with Gasteiger partial charge in [-0.25, -0.2) is 9.80 Å². The Hall–Kier alpha value is -1.84. The van der Waals surface area contributed by atoms with Gasteiger partial charge in [0.15, 0.2) is 0 Å². The van der Waals surface area contributed by atoms with E-state index in [1.54, 1.807) is 13.3 Å². The predicted molar refractivity (Wildman–Crippen MR) is 50.8 cm³/mol. The van der Waals surface area contributed by atoms with Crippen LogP contribution in [0.25, 0.3) is 0 Å². The summed E-state index contributed by atoms with van der Waals surface area (Å²) < 4.78 is 0. The van der Waals surface area contributed by atoms with Gasteiger partial charge in [-0.05, 0) is 6.07 Å². The topological polar surface area (TPSA) is 44.7 Å². The zero-order chi connectivity index (χ0) is 9.26. The number of carbonyl (C=O) groups is 1. The zero-order valence-electron chi connectivity index (χ0n) is 7.19. The summed E-state index contributed by atoms with van der Waals surface area (Å²) in [4.78, 5) is 11.3. The molecule has 0 radical (unpaired) electrons. The Morgan fingerprint density at radius 2 is 2.15 bits per heavy atom. The van der Waals surface area contributed by atoms with Crippen LogP contribution in [0.2, 0.25) is 0 Å². The molecule has 1 heterocycles. The monoisotopic (exact) mass is 175 g/mol. The van der Waals surface area contributed by atoms with Crippen LogP contribution >= 0.6 is 0 Å². The molecule has 0 aromatic heterocycles. The van der Waals surface area contributed by atoms with E-state index >= 15 is 0 Å². The molecule has 2 amide bonds. The first-order valence-electron chi connectivity index (χ1n) is 3.95. The normalized spacial score (nSPS) is 14.8. The summed E-state index contributed by atoms with van der Waals surface area (Å²) in [5, 5.41) is 7.94. The Kier molecular flexibility index (Phi) is 1.73. The number of para-hydroxylation sites is 1. The van der Waals surface area contributed by atoms with Gasteiger partial charge < -0.3 is 5.32 Å². The minimum atomic E-state index is -0.221. The van der Waals surface area contributed by atoms with Gasteiger partial charge in [0, 0.05) is 12.6 Å². The molecule has 1 aromatic rings. The van der Waals surface area contributed by atoms with E-state index in [0.29, 0.717) is 0 Å². The van der Waals surface area contributed by atoms with E-state index in [-0.39, 0.29) is 6.03 Å². The number of anilines is 1. The molecule has 0 aliphatic carbocycles. The lowest BCUT2D eigenvalue weighted by molar-refractivity contribution is 0.225. The highest BCUT2D eigenvalue weighted by molar-refractivity contribution is 5.99. The van der Waals surface area contributed by atoms with Crippen LogP contribution in [0.15, 0.2) is 29.4 Å². The second-order valence-corrected chi connectivity index (χ2v) is 2.79. The van der Waals surface area contributed by atoms with Crippen molar-refractivity contribution in [2.75, 3.05) is 12.4 Å². The van der Waals surface area contributed by atoms with Crippen LogP contribution in [0.1, 0.15) is 5.56 Å². The van der Waals surface area contributed by atoms with E-state index in [9.17, 15) is 4.79 Å². The van der Waals surface area contributed by atoms with Crippen molar-refractivity contribution in [2.45, 2.75) is 0 Å². The third-order valence-corrected chi connectivity index (χ3v) is 1.87. The van der Waals surface area contributed by atoms with Crippen molar-refractivity contribution in [3.05, 3.63) is 29.8 Å². The Morgan fingerprint density at radius 3 is 3.00 bits per heavy atom. The van der Waals surface area contributed by atoms with Crippen molar-refractivity contribution in [1.29, 1.82) is 0 Å². The summed E-state index contributed by atoms with van der Waals surface area (Å²) >= 11 is 0. The summed E-state index contributed by atoms with van der Waals surface area (Å²) in [7, 11) is 1.61. The van der Waals surface area contributed by atoms with Crippen LogP contribution in [0, 0.1) is 0 Å². The van der Waals surface area contributed by atoms with Crippen LogP contribution in [0.5, 0.6) is 0 Å². The third-order valence-electron chi connectivity index (χ3n) is 1.87. The number of hydrogen-bond donors (Lipinski definition) is 1. The molecule has 0 saturated heterocycles. The molecule has 0 fully saturated rings. The van der Waals surface area contributed by atoms with Crippen molar-refractivity contribution in [3.63, 3.8) is 0 Å². The summed E-state index contributed by atoms with van der Waals surface area (Å²) in [6.07, 6.45) is 1.66. The van der Waals surface area contributed by atoms with Gasteiger partial charge in [0.1, 0.15) is 0 Å². The molecule has 66 valence electrons. The number of fused-ring (bicyclic) bond motifs is 1. The van der Waals surface area contributed by atoms with Gasteiger partial charge in [0.25, 0.3) is 0 Å². The fourth-order valence-corrected chi connectivity index (χ4v) is 1.12. The van der Waals surface area contributed by atoms with Gasteiger partial charge in [0.2, 0.25) is 0 Å². The number of nitrogens with one attached hydrogen (secondary N) is 1. The van der Waals surface area contributed by atoms with Crippen molar-refractivity contribution in [3.8, 4) is 0 Å². The Morgan fingerprint density at radius 1 is 1.38 bits per heavy atom. The quantitative estimate of drug-likeness (QED) is 0.638. The first kappa shape index (κ1) is 7.79. The van der Waals surface area contributed by atoms with Crippen LogP contribution < -0.4 is 5.32 Å².